The molecule has 6 rings (SSSR count). The SMILES string of the molecule is O=C1CC(c2ccccc2C(F)(F)F)c2cc(COc3cc4c(cn3)C3CC3C4)ccc21. The second-order valence-electron chi connectivity index (χ2n) is 9.00. The third kappa shape index (κ3) is 3.20. The summed E-state index contributed by atoms with van der Waals surface area (Å²) in [5.74, 6) is 1.26. The second-order valence-corrected chi connectivity index (χ2v) is 9.00. The number of alkyl halides is 3. The topological polar surface area (TPSA) is 39.2 Å². The lowest BCUT2D eigenvalue weighted by atomic mass is 9.88. The van der Waals surface area contributed by atoms with E-state index in [0.29, 0.717) is 22.9 Å². The van der Waals surface area contributed by atoms with Gasteiger partial charge >= 0.3 is 6.18 Å². The number of carbonyl (C=O) groups excluding carboxylic acids is 1. The monoisotopic (exact) mass is 435 g/mol. The van der Waals surface area contributed by atoms with E-state index in [4.69, 9.17) is 4.74 Å². The number of carbonyl (C=O) groups is 1. The lowest BCUT2D eigenvalue weighted by Crippen LogP contribution is -2.12. The summed E-state index contributed by atoms with van der Waals surface area (Å²) in [6, 6.07) is 12.8. The molecule has 0 radical (unpaired) electrons. The van der Waals surface area contributed by atoms with Gasteiger partial charge in [-0.1, -0.05) is 36.4 Å². The first-order valence-electron chi connectivity index (χ1n) is 10.8. The van der Waals surface area contributed by atoms with Gasteiger partial charge in [-0.2, -0.15) is 13.2 Å². The minimum atomic E-state index is -4.47. The van der Waals surface area contributed by atoms with Gasteiger partial charge in [0.25, 0.3) is 0 Å². The third-order valence-electron chi connectivity index (χ3n) is 7.01. The standard InChI is InChI=1S/C26H20F3NO2/c27-26(28,29)23-4-2-1-3-17(23)21-11-24(31)18-6-5-14(7-20(18)21)13-32-25-10-16-8-15-9-19(15)22(16)12-30-25/h1-7,10,12,15,19,21H,8-9,11,13H2. The Hall–Kier alpha value is -3.15. The summed E-state index contributed by atoms with van der Waals surface area (Å²) in [6.07, 6.45) is -0.167. The second kappa shape index (κ2) is 6.92. The van der Waals surface area contributed by atoms with E-state index in [-0.39, 0.29) is 24.4 Å². The Bertz CT molecular complexity index is 1250. The molecule has 0 aliphatic heterocycles. The van der Waals surface area contributed by atoms with Gasteiger partial charge in [-0.15, -0.1) is 0 Å². The van der Waals surface area contributed by atoms with Crippen molar-refractivity contribution in [1.82, 2.24) is 4.98 Å². The van der Waals surface area contributed by atoms with E-state index in [9.17, 15) is 18.0 Å². The van der Waals surface area contributed by atoms with Gasteiger partial charge in [0, 0.05) is 30.2 Å². The van der Waals surface area contributed by atoms with Crippen LogP contribution in [-0.2, 0) is 19.2 Å². The van der Waals surface area contributed by atoms with Crippen molar-refractivity contribution in [3.63, 3.8) is 0 Å². The Labute approximate surface area is 183 Å². The lowest BCUT2D eigenvalue weighted by Gasteiger charge is -2.18. The average molecular weight is 435 g/mol. The predicted molar refractivity (Wildman–Crippen MR) is 112 cm³/mol. The van der Waals surface area contributed by atoms with Crippen molar-refractivity contribution < 1.29 is 22.7 Å². The number of halogens is 3. The first-order valence-corrected chi connectivity index (χ1v) is 10.8. The van der Waals surface area contributed by atoms with Gasteiger partial charge in [-0.3, -0.25) is 4.79 Å². The van der Waals surface area contributed by atoms with Crippen LogP contribution in [0.5, 0.6) is 5.88 Å². The van der Waals surface area contributed by atoms with Gasteiger partial charge in [-0.25, -0.2) is 4.98 Å². The number of ether oxygens (including phenoxy) is 1. The number of hydrogen-bond acceptors (Lipinski definition) is 3. The summed E-state index contributed by atoms with van der Waals surface area (Å²) in [6.45, 7) is 0.244. The maximum absolute atomic E-state index is 13.6. The van der Waals surface area contributed by atoms with Crippen LogP contribution in [0.4, 0.5) is 13.2 Å². The van der Waals surface area contributed by atoms with Gasteiger partial charge in [0.1, 0.15) is 6.61 Å². The molecule has 32 heavy (non-hydrogen) atoms. The van der Waals surface area contributed by atoms with E-state index in [2.05, 4.69) is 4.98 Å². The highest BCUT2D eigenvalue weighted by Crippen LogP contribution is 2.56. The molecule has 3 aliphatic rings. The van der Waals surface area contributed by atoms with Crippen LogP contribution in [0.1, 0.15) is 68.4 Å². The van der Waals surface area contributed by atoms with Crippen molar-refractivity contribution in [2.75, 3.05) is 0 Å². The molecule has 0 saturated heterocycles. The van der Waals surface area contributed by atoms with Crippen molar-refractivity contribution in [3.05, 3.63) is 93.7 Å². The van der Waals surface area contributed by atoms with Gasteiger partial charge in [-0.05, 0) is 58.6 Å². The number of rotatable bonds is 4. The van der Waals surface area contributed by atoms with Crippen LogP contribution < -0.4 is 4.74 Å². The molecule has 0 spiro atoms. The van der Waals surface area contributed by atoms with E-state index in [1.54, 1.807) is 24.3 Å². The van der Waals surface area contributed by atoms with Crippen LogP contribution >= 0.6 is 0 Å². The molecule has 162 valence electrons. The number of aromatic nitrogens is 1. The van der Waals surface area contributed by atoms with E-state index >= 15 is 0 Å². The first kappa shape index (κ1) is 19.5. The smallest absolute Gasteiger partial charge is 0.416 e. The molecule has 0 bridgehead atoms. The van der Waals surface area contributed by atoms with Crippen LogP contribution in [0.2, 0.25) is 0 Å². The average Bonchev–Trinajstić information content (AvgIpc) is 3.34. The Morgan fingerprint density at radius 2 is 1.84 bits per heavy atom. The van der Waals surface area contributed by atoms with E-state index < -0.39 is 17.7 Å². The summed E-state index contributed by atoms with van der Waals surface area (Å²) in [5.41, 5.74) is 4.03. The molecule has 0 N–H and O–H groups in total. The highest BCUT2D eigenvalue weighted by Gasteiger charge is 2.45. The van der Waals surface area contributed by atoms with Gasteiger partial charge in [0.2, 0.25) is 5.88 Å². The highest BCUT2D eigenvalue weighted by atomic mass is 19.4. The van der Waals surface area contributed by atoms with Crippen LogP contribution in [0.15, 0.2) is 54.7 Å². The number of benzene rings is 2. The van der Waals surface area contributed by atoms with E-state index in [1.807, 2.05) is 12.3 Å². The summed E-state index contributed by atoms with van der Waals surface area (Å²) >= 11 is 0. The maximum Gasteiger partial charge on any atom is 0.416 e. The number of nitrogens with zero attached hydrogens (tertiary/aromatic N) is 1. The van der Waals surface area contributed by atoms with Crippen molar-refractivity contribution >= 4 is 5.78 Å². The summed E-state index contributed by atoms with van der Waals surface area (Å²) < 4.78 is 46.6. The zero-order chi connectivity index (χ0) is 22.0. The Kier molecular flexibility index (Phi) is 4.23. The maximum atomic E-state index is 13.6. The molecule has 3 unspecified atom stereocenters. The zero-order valence-corrected chi connectivity index (χ0v) is 17.2. The number of ketones is 1. The van der Waals surface area contributed by atoms with Crippen LogP contribution in [-0.4, -0.2) is 10.8 Å². The fourth-order valence-electron chi connectivity index (χ4n) is 5.36. The van der Waals surface area contributed by atoms with E-state index in [0.717, 1.165) is 24.0 Å². The molecule has 1 heterocycles. The predicted octanol–water partition coefficient (Wildman–Crippen LogP) is 6.06. The number of fused-ring (bicyclic) bond motifs is 4. The summed E-state index contributed by atoms with van der Waals surface area (Å²) in [4.78, 5) is 16.9. The molecular weight excluding hydrogens is 415 g/mol. The molecule has 6 heteroatoms. The minimum Gasteiger partial charge on any atom is -0.473 e. The fourth-order valence-corrected chi connectivity index (χ4v) is 5.36. The molecule has 1 saturated carbocycles. The Morgan fingerprint density at radius 3 is 2.69 bits per heavy atom. The van der Waals surface area contributed by atoms with Gasteiger partial charge < -0.3 is 4.74 Å². The highest BCUT2D eigenvalue weighted by molar-refractivity contribution is 6.02. The zero-order valence-electron chi connectivity index (χ0n) is 17.2. The van der Waals surface area contributed by atoms with Crippen molar-refractivity contribution in [3.8, 4) is 5.88 Å². The van der Waals surface area contributed by atoms with Crippen LogP contribution in [0.25, 0.3) is 0 Å². The molecule has 3 atom stereocenters. The molecule has 1 aromatic heterocycles. The molecule has 0 amide bonds. The van der Waals surface area contributed by atoms with Crippen LogP contribution in [0.3, 0.4) is 0 Å². The summed E-state index contributed by atoms with van der Waals surface area (Å²) in [7, 11) is 0. The number of hydrogen-bond donors (Lipinski definition) is 0. The van der Waals surface area contributed by atoms with E-state index in [1.165, 1.54) is 29.7 Å². The summed E-state index contributed by atoms with van der Waals surface area (Å²) in [5, 5.41) is 0. The largest absolute Gasteiger partial charge is 0.473 e. The van der Waals surface area contributed by atoms with Gasteiger partial charge in [0.05, 0.1) is 5.56 Å². The number of pyridine rings is 1. The first-order chi connectivity index (χ1) is 15.4. The molecular formula is C26H20F3NO2. The van der Waals surface area contributed by atoms with Crippen molar-refractivity contribution in [2.24, 2.45) is 5.92 Å². The van der Waals surface area contributed by atoms with Crippen LogP contribution in [0, 0.1) is 5.92 Å². The number of Topliss-reactive ketones (excluding diaryl/α,β-unsaturated/α-hetero) is 1. The molecule has 3 aliphatic carbocycles. The fraction of sp³-hybridized carbons (Fsp3) is 0.308. The minimum absolute atomic E-state index is 0.0431. The Morgan fingerprint density at radius 1 is 1.00 bits per heavy atom. The van der Waals surface area contributed by atoms with Crippen molar-refractivity contribution in [2.45, 2.75) is 43.9 Å². The van der Waals surface area contributed by atoms with Crippen molar-refractivity contribution in [1.29, 1.82) is 0 Å². The lowest BCUT2D eigenvalue weighted by molar-refractivity contribution is -0.138. The van der Waals surface area contributed by atoms with Gasteiger partial charge in [0.15, 0.2) is 5.78 Å². The third-order valence-corrected chi connectivity index (χ3v) is 7.01. The molecule has 2 aromatic carbocycles. The molecule has 1 fully saturated rings. The normalized spacial score (nSPS) is 23.0. The molecule has 3 nitrogen and oxygen atoms in total. The quantitative estimate of drug-likeness (QED) is 0.500. The Balaban J connectivity index is 1.27. The molecule has 3 aromatic rings.